The summed E-state index contributed by atoms with van der Waals surface area (Å²) in [6, 6.07) is 3.63. The summed E-state index contributed by atoms with van der Waals surface area (Å²) < 4.78 is 9.58. The molecule has 98 valence electrons. The van der Waals surface area contributed by atoms with E-state index in [2.05, 4.69) is 16.2 Å². The van der Waals surface area contributed by atoms with Crippen LogP contribution in [0.4, 0.5) is 4.79 Å². The van der Waals surface area contributed by atoms with Gasteiger partial charge in [0, 0.05) is 9.78 Å². The average molecular weight is 271 g/mol. The zero-order valence-corrected chi connectivity index (χ0v) is 10.6. The van der Waals surface area contributed by atoms with Crippen molar-refractivity contribution in [1.29, 1.82) is 0 Å². The van der Waals surface area contributed by atoms with Gasteiger partial charge in [0.1, 0.15) is 0 Å². The third kappa shape index (κ3) is 4.56. The van der Waals surface area contributed by atoms with Gasteiger partial charge < -0.3 is 9.47 Å². The maximum Gasteiger partial charge on any atom is 0.438 e. The van der Waals surface area contributed by atoms with Crippen molar-refractivity contribution in [3.63, 3.8) is 0 Å². The van der Waals surface area contributed by atoms with Gasteiger partial charge in [-0.25, -0.2) is 4.79 Å². The molecule has 1 heterocycles. The highest BCUT2D eigenvalue weighted by molar-refractivity contribution is 7.10. The normalized spacial score (nSPS) is 12.8. The zero-order valence-electron chi connectivity index (χ0n) is 9.78. The number of thiophene rings is 1. The van der Waals surface area contributed by atoms with Crippen LogP contribution in [0.2, 0.25) is 0 Å². The van der Waals surface area contributed by atoms with Gasteiger partial charge in [-0.05, 0) is 11.4 Å². The van der Waals surface area contributed by atoms with Crippen LogP contribution < -0.4 is 0 Å². The first-order valence-corrected chi connectivity index (χ1v) is 5.88. The molecule has 1 aromatic rings. The zero-order chi connectivity index (χ0) is 13.4. The van der Waals surface area contributed by atoms with Crippen molar-refractivity contribution in [3.8, 4) is 0 Å². The molecule has 1 rings (SSSR count). The van der Waals surface area contributed by atoms with E-state index in [9.17, 15) is 10.0 Å². The average Bonchev–Trinajstić information content (AvgIpc) is 2.87. The summed E-state index contributed by atoms with van der Waals surface area (Å²) in [5, 5.41) is 13.2. The summed E-state index contributed by atoms with van der Waals surface area (Å²) in [5.41, 5.74) is 0. The van der Waals surface area contributed by atoms with Gasteiger partial charge in [-0.2, -0.15) is 0 Å². The minimum atomic E-state index is -1.09. The molecule has 7 heteroatoms. The second kappa shape index (κ2) is 7.46. The molecule has 0 spiro atoms. The van der Waals surface area contributed by atoms with Gasteiger partial charge in [0.15, 0.2) is 6.10 Å². The summed E-state index contributed by atoms with van der Waals surface area (Å²) in [4.78, 5) is 15.8. The molecule has 0 radical (unpaired) electrons. The van der Waals surface area contributed by atoms with Gasteiger partial charge in [0.05, 0.1) is 13.7 Å². The van der Waals surface area contributed by atoms with E-state index in [0.29, 0.717) is 0 Å². The van der Waals surface area contributed by atoms with E-state index in [1.807, 2.05) is 11.4 Å². The Balaban J connectivity index is 2.74. The van der Waals surface area contributed by atoms with Gasteiger partial charge >= 0.3 is 6.16 Å². The largest absolute Gasteiger partial charge is 0.456 e. The summed E-state index contributed by atoms with van der Waals surface area (Å²) in [7, 11) is 1.11. The Kier molecular flexibility index (Phi) is 5.89. The number of methoxy groups -OCH3 is 1. The van der Waals surface area contributed by atoms with Crippen LogP contribution in [0.15, 0.2) is 30.2 Å². The van der Waals surface area contributed by atoms with Crippen LogP contribution in [-0.4, -0.2) is 31.0 Å². The third-order valence-electron chi connectivity index (χ3n) is 1.81. The van der Waals surface area contributed by atoms with Crippen molar-refractivity contribution in [2.24, 2.45) is 0 Å². The Hall–Kier alpha value is -1.86. The van der Waals surface area contributed by atoms with Crippen LogP contribution in [0.25, 0.3) is 0 Å². The minimum absolute atomic E-state index is 0.0132. The number of nitrogens with zero attached hydrogens (tertiary/aromatic N) is 1. The van der Waals surface area contributed by atoms with E-state index < -0.39 is 12.3 Å². The molecule has 1 aromatic heterocycles. The Bertz CT molecular complexity index is 415. The number of rotatable bonds is 6. The SMILES string of the molecule is C=CCOC(/C=[N+](\[O-])OC(=O)OC)c1cccs1. The summed E-state index contributed by atoms with van der Waals surface area (Å²) in [6.45, 7) is 3.79. The molecule has 0 amide bonds. The highest BCUT2D eigenvalue weighted by Crippen LogP contribution is 2.20. The van der Waals surface area contributed by atoms with Crippen molar-refractivity contribution < 1.29 is 24.0 Å². The van der Waals surface area contributed by atoms with Gasteiger partial charge in [-0.3, -0.25) is 10.0 Å². The van der Waals surface area contributed by atoms with Gasteiger partial charge in [-0.15, -0.1) is 17.9 Å². The van der Waals surface area contributed by atoms with Crippen LogP contribution in [-0.2, 0) is 14.3 Å². The molecular formula is C11H13NO5S. The molecule has 1 atom stereocenters. The van der Waals surface area contributed by atoms with E-state index >= 15 is 0 Å². The van der Waals surface area contributed by atoms with Crippen LogP contribution in [0, 0.1) is 5.21 Å². The van der Waals surface area contributed by atoms with Crippen LogP contribution in [0.3, 0.4) is 0 Å². The molecule has 0 aromatic carbocycles. The fourth-order valence-corrected chi connectivity index (χ4v) is 1.81. The molecule has 0 saturated carbocycles. The van der Waals surface area contributed by atoms with Crippen LogP contribution in [0.5, 0.6) is 0 Å². The minimum Gasteiger partial charge on any atom is -0.456 e. The summed E-state index contributed by atoms with van der Waals surface area (Å²) >= 11 is 1.42. The molecule has 0 bridgehead atoms. The Morgan fingerprint density at radius 3 is 3.06 bits per heavy atom. The fraction of sp³-hybridized carbons (Fsp3) is 0.273. The maximum absolute atomic E-state index is 11.3. The van der Waals surface area contributed by atoms with Gasteiger partial charge in [0.2, 0.25) is 6.21 Å². The number of hydrogen-bond acceptors (Lipinski definition) is 6. The lowest BCUT2D eigenvalue weighted by Crippen LogP contribution is -2.17. The van der Waals surface area contributed by atoms with E-state index in [1.165, 1.54) is 11.3 Å². The molecule has 0 fully saturated rings. The maximum atomic E-state index is 11.3. The summed E-state index contributed by atoms with van der Waals surface area (Å²) in [5.74, 6) is 0. The topological polar surface area (TPSA) is 70.8 Å². The van der Waals surface area contributed by atoms with Gasteiger partial charge in [-0.1, -0.05) is 12.1 Å². The predicted molar refractivity (Wildman–Crippen MR) is 66.4 cm³/mol. The first-order valence-electron chi connectivity index (χ1n) is 5.00. The van der Waals surface area contributed by atoms with E-state index in [0.717, 1.165) is 18.2 Å². The molecule has 0 N–H and O–H groups in total. The standard InChI is InChI=1S/C11H13NO5S/c1-3-6-16-9(10-5-4-7-18-10)8-12(14)17-11(13)15-2/h3-5,7-9H,1,6H2,2H3/b12-8+. The second-order valence-electron chi connectivity index (χ2n) is 3.04. The molecule has 0 saturated heterocycles. The first kappa shape index (κ1) is 14.2. The third-order valence-corrected chi connectivity index (χ3v) is 2.74. The smallest absolute Gasteiger partial charge is 0.438 e. The van der Waals surface area contributed by atoms with E-state index in [4.69, 9.17) is 4.74 Å². The van der Waals surface area contributed by atoms with Crippen molar-refractivity contribution in [1.82, 2.24) is 0 Å². The Morgan fingerprint density at radius 2 is 2.50 bits per heavy atom. The monoisotopic (exact) mass is 271 g/mol. The predicted octanol–water partition coefficient (Wildman–Crippen LogP) is 2.27. The Labute approximate surface area is 108 Å². The lowest BCUT2D eigenvalue weighted by molar-refractivity contribution is -0.712. The van der Waals surface area contributed by atoms with E-state index in [-0.39, 0.29) is 11.5 Å². The number of carbonyl (C=O) groups excluding carboxylic acids is 1. The molecule has 6 nitrogen and oxygen atoms in total. The Morgan fingerprint density at radius 1 is 1.72 bits per heavy atom. The summed E-state index contributed by atoms with van der Waals surface area (Å²) in [6.07, 6.45) is 0.955. The van der Waals surface area contributed by atoms with Crippen molar-refractivity contribution >= 4 is 23.7 Å². The quantitative estimate of drug-likeness (QED) is 0.198. The number of hydrogen-bond donors (Lipinski definition) is 0. The second-order valence-corrected chi connectivity index (χ2v) is 4.02. The first-order chi connectivity index (χ1) is 8.67. The van der Waals surface area contributed by atoms with Crippen molar-refractivity contribution in [2.45, 2.75) is 6.10 Å². The lowest BCUT2D eigenvalue weighted by atomic mass is 10.3. The molecule has 18 heavy (non-hydrogen) atoms. The number of ether oxygens (including phenoxy) is 2. The van der Waals surface area contributed by atoms with Crippen LogP contribution >= 0.6 is 11.3 Å². The fourth-order valence-electron chi connectivity index (χ4n) is 1.08. The molecule has 1 unspecified atom stereocenters. The molecule has 0 aliphatic heterocycles. The lowest BCUT2D eigenvalue weighted by Gasteiger charge is -2.09. The van der Waals surface area contributed by atoms with Crippen molar-refractivity contribution in [2.75, 3.05) is 13.7 Å². The number of carbonyl (C=O) groups is 1. The molecular weight excluding hydrogens is 258 g/mol. The highest BCUT2D eigenvalue weighted by atomic mass is 32.1. The molecule has 0 aliphatic rings. The molecule has 0 aliphatic carbocycles. The van der Waals surface area contributed by atoms with Crippen LogP contribution in [0.1, 0.15) is 11.0 Å². The highest BCUT2D eigenvalue weighted by Gasteiger charge is 2.16. The van der Waals surface area contributed by atoms with Crippen molar-refractivity contribution in [3.05, 3.63) is 40.3 Å². The van der Waals surface area contributed by atoms with E-state index in [1.54, 1.807) is 12.1 Å². The van der Waals surface area contributed by atoms with Gasteiger partial charge in [0.25, 0.3) is 0 Å².